The van der Waals surface area contributed by atoms with Gasteiger partial charge in [-0.25, -0.2) is 9.71 Å². The number of nitrogens with one attached hydrogen (secondary N) is 4. The number of thiazole rings is 1. The predicted octanol–water partition coefficient (Wildman–Crippen LogP) is 3.85. The number of hydrogen-bond acceptors (Lipinski definition) is 8. The van der Waals surface area contributed by atoms with Crippen LogP contribution in [0, 0.1) is 5.92 Å². The summed E-state index contributed by atoms with van der Waals surface area (Å²) in [5.74, 6) is -0.397. The van der Waals surface area contributed by atoms with Crippen LogP contribution in [0.15, 0.2) is 24.3 Å². The molecule has 1 saturated carbocycles. The summed E-state index contributed by atoms with van der Waals surface area (Å²) in [4.78, 5) is 37.6. The highest BCUT2D eigenvalue weighted by Crippen LogP contribution is 2.31. The minimum Gasteiger partial charge on any atom is -0.351 e. The van der Waals surface area contributed by atoms with Gasteiger partial charge in [-0.05, 0) is 56.5 Å². The summed E-state index contributed by atoms with van der Waals surface area (Å²) in [6, 6.07) is 6.54. The molecule has 1 aliphatic carbocycles. The first-order valence-electron chi connectivity index (χ1n) is 12.6. The van der Waals surface area contributed by atoms with Crippen LogP contribution >= 0.6 is 33.7 Å². The van der Waals surface area contributed by atoms with Crippen molar-refractivity contribution in [2.45, 2.75) is 44.3 Å². The molecule has 2 aromatic heterocycles. The lowest BCUT2D eigenvalue weighted by Gasteiger charge is -2.38. The molecule has 2 aliphatic rings. The first-order valence-corrected chi connectivity index (χ1v) is 15.7. The number of halogens is 1. The Balaban J connectivity index is 1.31. The van der Waals surface area contributed by atoms with Crippen molar-refractivity contribution < 1.29 is 18.7 Å². The number of rotatable bonds is 7. The molecule has 0 saturated heterocycles. The zero-order valence-corrected chi connectivity index (χ0v) is 23.7. The standard InChI is InChI=1S/C25H33ClN6O4S2/c1-32-8-7-19-22(13-32)37-25(31-19)24(34)30-20-9-14(12-27-38(2,35)36)3-5-18(20)29-23(33)21-11-15-10-16(26)4-6-17(15)28-21/h4,6,10-11,14,18,20,27-28,35-36H,3,5,7-9,12-13H2,1-2H3,(H,29,33)(H,30,34)/t14-,18-,20+/m0/s1. The van der Waals surface area contributed by atoms with Crippen LogP contribution in [-0.4, -0.2) is 74.3 Å². The average Bonchev–Trinajstić information content (AvgIpc) is 3.47. The highest BCUT2D eigenvalue weighted by atomic mass is 35.5. The van der Waals surface area contributed by atoms with E-state index >= 15 is 0 Å². The number of fused-ring (bicyclic) bond motifs is 2. The lowest BCUT2D eigenvalue weighted by Crippen LogP contribution is -2.55. The minimum atomic E-state index is -2.83. The third-order valence-corrected chi connectivity index (χ3v) is 9.21. The van der Waals surface area contributed by atoms with E-state index in [0.717, 1.165) is 47.4 Å². The van der Waals surface area contributed by atoms with Gasteiger partial charge >= 0.3 is 0 Å². The second-order valence-corrected chi connectivity index (χ2v) is 13.8. The first kappa shape index (κ1) is 27.4. The molecule has 0 spiro atoms. The van der Waals surface area contributed by atoms with Crippen LogP contribution in [0.4, 0.5) is 0 Å². The van der Waals surface area contributed by atoms with E-state index in [9.17, 15) is 18.7 Å². The Morgan fingerprint density at radius 1 is 1.21 bits per heavy atom. The molecule has 0 unspecified atom stereocenters. The lowest BCUT2D eigenvalue weighted by molar-refractivity contribution is 0.0842. The van der Waals surface area contributed by atoms with Crippen LogP contribution in [0.2, 0.25) is 5.02 Å². The molecule has 0 radical (unpaired) electrons. The summed E-state index contributed by atoms with van der Waals surface area (Å²) in [5.41, 5.74) is 2.23. The fourth-order valence-corrected chi connectivity index (χ4v) is 7.00. The number of carbonyl (C=O) groups excluding carboxylic acids is 2. The summed E-state index contributed by atoms with van der Waals surface area (Å²) >= 11 is 7.52. The first-order chi connectivity index (χ1) is 18.0. The molecule has 3 aromatic rings. The molecule has 38 heavy (non-hydrogen) atoms. The summed E-state index contributed by atoms with van der Waals surface area (Å²) in [6.07, 6.45) is 4.16. The Bertz CT molecular complexity index is 1340. The molecule has 2 amide bonds. The molecule has 5 rings (SSSR count). The van der Waals surface area contributed by atoms with Crippen molar-refractivity contribution in [3.8, 4) is 0 Å². The van der Waals surface area contributed by atoms with E-state index in [-0.39, 0.29) is 29.8 Å². The van der Waals surface area contributed by atoms with E-state index in [1.807, 2.05) is 6.07 Å². The molecule has 1 aromatic carbocycles. The molecular weight excluding hydrogens is 548 g/mol. The van der Waals surface area contributed by atoms with Gasteiger partial charge in [-0.3, -0.25) is 18.7 Å². The Morgan fingerprint density at radius 2 is 2.00 bits per heavy atom. The summed E-state index contributed by atoms with van der Waals surface area (Å²) in [7, 11) is -0.776. The molecule has 0 bridgehead atoms. The molecule has 1 aliphatic heterocycles. The van der Waals surface area contributed by atoms with Gasteiger partial charge in [-0.2, -0.15) is 0 Å². The van der Waals surface area contributed by atoms with Gasteiger partial charge in [0.2, 0.25) is 0 Å². The maximum Gasteiger partial charge on any atom is 0.280 e. The molecule has 6 N–H and O–H groups in total. The van der Waals surface area contributed by atoms with Gasteiger partial charge in [0, 0.05) is 65.2 Å². The van der Waals surface area contributed by atoms with Crippen molar-refractivity contribution in [3.63, 3.8) is 0 Å². The Labute approximate surface area is 232 Å². The molecule has 3 heterocycles. The predicted molar refractivity (Wildman–Crippen MR) is 152 cm³/mol. The van der Waals surface area contributed by atoms with Crippen molar-refractivity contribution in [1.82, 2.24) is 30.2 Å². The van der Waals surface area contributed by atoms with Gasteiger partial charge in [0.1, 0.15) is 5.69 Å². The van der Waals surface area contributed by atoms with E-state index < -0.39 is 10.8 Å². The normalized spacial score (nSPS) is 22.7. The number of benzene rings is 1. The van der Waals surface area contributed by atoms with Gasteiger partial charge in [-0.1, -0.05) is 11.6 Å². The fraction of sp³-hybridized carbons (Fsp3) is 0.480. The van der Waals surface area contributed by atoms with Crippen LogP contribution in [0.1, 0.15) is 50.1 Å². The van der Waals surface area contributed by atoms with Crippen LogP contribution in [0.25, 0.3) is 10.9 Å². The van der Waals surface area contributed by atoms with Crippen LogP contribution in [0.5, 0.6) is 0 Å². The van der Waals surface area contributed by atoms with Crippen LogP contribution in [-0.2, 0) is 13.0 Å². The molecule has 10 nitrogen and oxygen atoms in total. The van der Waals surface area contributed by atoms with Crippen molar-refractivity contribution in [1.29, 1.82) is 0 Å². The SMILES string of the molecule is CN1CCc2nc(C(=O)N[C@@H]3C[C@@H](CNS(C)(O)O)CC[C@@H]3NC(=O)c3cc4cc(Cl)ccc4[nH]3)sc2C1. The molecule has 1 fully saturated rings. The zero-order valence-electron chi connectivity index (χ0n) is 21.3. The van der Waals surface area contributed by atoms with Crippen molar-refractivity contribution in [2.75, 3.05) is 26.4 Å². The molecule has 3 atom stereocenters. The van der Waals surface area contributed by atoms with Gasteiger partial charge < -0.3 is 20.5 Å². The number of H-pyrrole nitrogens is 1. The average molecular weight is 581 g/mol. The minimum absolute atomic E-state index is 0.105. The van der Waals surface area contributed by atoms with E-state index in [2.05, 4.69) is 37.3 Å². The van der Waals surface area contributed by atoms with Crippen molar-refractivity contribution in [3.05, 3.63) is 50.6 Å². The van der Waals surface area contributed by atoms with Gasteiger partial charge in [0.05, 0.1) is 5.69 Å². The summed E-state index contributed by atoms with van der Waals surface area (Å²) in [5, 5.41) is 8.12. The Hall–Kier alpha value is -2.19. The highest BCUT2D eigenvalue weighted by Gasteiger charge is 2.34. The second-order valence-electron chi connectivity index (χ2n) is 10.3. The van der Waals surface area contributed by atoms with E-state index in [0.29, 0.717) is 35.1 Å². The number of carbonyl (C=O) groups is 2. The zero-order chi connectivity index (χ0) is 27.0. The number of aromatic amines is 1. The third-order valence-electron chi connectivity index (χ3n) is 7.18. The smallest absolute Gasteiger partial charge is 0.280 e. The monoisotopic (exact) mass is 580 g/mol. The second kappa shape index (κ2) is 11.1. The van der Waals surface area contributed by atoms with Crippen LogP contribution < -0.4 is 15.4 Å². The molecule has 206 valence electrons. The summed E-state index contributed by atoms with van der Waals surface area (Å²) < 4.78 is 22.3. The maximum atomic E-state index is 13.3. The Kier molecular flexibility index (Phi) is 8.01. The van der Waals surface area contributed by atoms with Gasteiger partial charge in [0.15, 0.2) is 5.01 Å². The number of aromatic nitrogens is 2. The summed E-state index contributed by atoms with van der Waals surface area (Å²) in [6.45, 7) is 2.11. The quantitative estimate of drug-likeness (QED) is 0.249. The van der Waals surface area contributed by atoms with E-state index in [1.54, 1.807) is 18.2 Å². The number of nitrogens with zero attached hydrogens (tertiary/aromatic N) is 2. The Morgan fingerprint density at radius 3 is 2.79 bits per heavy atom. The fourth-order valence-electron chi connectivity index (χ4n) is 5.17. The maximum absolute atomic E-state index is 13.3. The van der Waals surface area contributed by atoms with Gasteiger partial charge in [0.25, 0.3) is 11.8 Å². The van der Waals surface area contributed by atoms with Gasteiger partial charge in [-0.15, -0.1) is 22.1 Å². The number of hydrogen-bond donors (Lipinski definition) is 6. The van der Waals surface area contributed by atoms with Crippen LogP contribution in [0.3, 0.4) is 0 Å². The third kappa shape index (κ3) is 6.50. The highest BCUT2D eigenvalue weighted by molar-refractivity contribution is 8.22. The largest absolute Gasteiger partial charge is 0.351 e. The van der Waals surface area contributed by atoms with Crippen molar-refractivity contribution >= 4 is 56.4 Å². The van der Waals surface area contributed by atoms with Crippen molar-refractivity contribution in [2.24, 2.45) is 5.92 Å². The topological polar surface area (TPSA) is 143 Å². The van der Waals surface area contributed by atoms with E-state index in [4.69, 9.17) is 11.6 Å². The number of amides is 2. The van der Waals surface area contributed by atoms with E-state index in [1.165, 1.54) is 17.6 Å². The molecular formula is C25H33ClN6O4S2. The number of likely N-dealkylation sites (N-methyl/N-ethyl adjacent to an activating group) is 1. The molecule has 13 heteroatoms. The lowest BCUT2D eigenvalue weighted by atomic mass is 9.82.